The molecule has 3 aliphatic rings. The van der Waals surface area contributed by atoms with E-state index in [0.717, 1.165) is 92.0 Å². The first-order valence-corrected chi connectivity index (χ1v) is 16.6. The van der Waals surface area contributed by atoms with Gasteiger partial charge in [0.1, 0.15) is 0 Å². The van der Waals surface area contributed by atoms with Gasteiger partial charge in [-0.1, -0.05) is 6.07 Å². The van der Waals surface area contributed by atoms with Crippen LogP contribution in [0.2, 0.25) is 0 Å². The summed E-state index contributed by atoms with van der Waals surface area (Å²) < 4.78 is 29.2. The number of piperidine rings is 1. The maximum atomic E-state index is 14.6. The fourth-order valence-corrected chi connectivity index (χ4v) is 7.30. The van der Waals surface area contributed by atoms with Crippen LogP contribution >= 0.6 is 0 Å². The number of fused-ring (bicyclic) bond motifs is 2. The molecule has 0 spiro atoms. The van der Waals surface area contributed by atoms with Gasteiger partial charge in [-0.2, -0.15) is 0 Å². The molecule has 0 aliphatic carbocycles. The van der Waals surface area contributed by atoms with Crippen molar-refractivity contribution < 1.29 is 23.5 Å². The number of alkyl halides is 2. The zero-order valence-electron chi connectivity index (χ0n) is 26.9. The third kappa shape index (κ3) is 6.33. The van der Waals surface area contributed by atoms with Crippen LogP contribution in [0.5, 0.6) is 0 Å². The van der Waals surface area contributed by atoms with E-state index in [9.17, 15) is 18.4 Å². The number of carbonyl (C=O) groups excluding carboxylic acids is 1. The van der Waals surface area contributed by atoms with E-state index in [4.69, 9.17) is 10.1 Å². The first-order valence-electron chi connectivity index (χ1n) is 16.6. The molecule has 9 nitrogen and oxygen atoms in total. The Kier molecular flexibility index (Phi) is 8.77. The van der Waals surface area contributed by atoms with Crippen LogP contribution in [-0.4, -0.2) is 58.8 Å². The lowest BCUT2D eigenvalue weighted by Crippen LogP contribution is -2.34. The summed E-state index contributed by atoms with van der Waals surface area (Å²) in [7, 11) is 1.79. The van der Waals surface area contributed by atoms with Gasteiger partial charge in [-0.25, -0.2) is 13.6 Å². The van der Waals surface area contributed by atoms with Crippen molar-refractivity contribution in [3.63, 3.8) is 0 Å². The number of anilines is 4. The zero-order valence-corrected chi connectivity index (χ0v) is 26.9. The van der Waals surface area contributed by atoms with Crippen LogP contribution in [0.4, 0.5) is 31.7 Å². The minimum Gasteiger partial charge on any atom is -0.476 e. The molecule has 2 aromatic carbocycles. The predicted molar refractivity (Wildman–Crippen MR) is 180 cm³/mol. The number of amides is 1. The summed E-state index contributed by atoms with van der Waals surface area (Å²) in [6, 6.07) is 16.7. The van der Waals surface area contributed by atoms with E-state index in [0.29, 0.717) is 35.7 Å². The van der Waals surface area contributed by atoms with Gasteiger partial charge in [-0.05, 0) is 116 Å². The Morgan fingerprint density at radius 1 is 0.938 bits per heavy atom. The number of hydrogen-bond donors (Lipinski definition) is 1. The summed E-state index contributed by atoms with van der Waals surface area (Å²) in [5.74, 6) is 0.239. The van der Waals surface area contributed by atoms with E-state index in [1.54, 1.807) is 30.3 Å². The molecule has 4 aromatic rings. The predicted octanol–water partition coefficient (Wildman–Crippen LogP) is 7.02. The maximum absolute atomic E-state index is 14.6. The molecule has 1 amide bonds. The highest BCUT2D eigenvalue weighted by molar-refractivity contribution is 5.96. The number of halogens is 2. The largest absolute Gasteiger partial charge is 0.476 e. The lowest BCUT2D eigenvalue weighted by atomic mass is 9.90. The second-order valence-corrected chi connectivity index (χ2v) is 13.0. The lowest BCUT2D eigenvalue weighted by molar-refractivity contribution is -0.118. The smallest absolute Gasteiger partial charge is 0.356 e. The fourth-order valence-electron chi connectivity index (χ4n) is 7.30. The number of aryl methyl sites for hydroxylation is 3. The van der Waals surface area contributed by atoms with Crippen LogP contribution in [0.15, 0.2) is 60.8 Å². The molecule has 1 N–H and O–H groups in total. The average Bonchev–Trinajstić information content (AvgIpc) is 3.12. The van der Waals surface area contributed by atoms with E-state index in [-0.39, 0.29) is 17.2 Å². The Hall–Kier alpha value is -4.93. The Labute approximate surface area is 278 Å². The van der Waals surface area contributed by atoms with Gasteiger partial charge in [0.15, 0.2) is 11.5 Å². The molecular weight excluding hydrogens is 614 g/mol. The van der Waals surface area contributed by atoms with Gasteiger partial charge in [0, 0.05) is 73.2 Å². The maximum Gasteiger partial charge on any atom is 0.356 e. The van der Waals surface area contributed by atoms with Crippen molar-refractivity contribution >= 4 is 34.8 Å². The summed E-state index contributed by atoms with van der Waals surface area (Å²) in [4.78, 5) is 33.9. The molecular formula is C37H38F2N6O3. The number of pyridine rings is 1. The quantitative estimate of drug-likeness (QED) is 0.217. The molecule has 0 bridgehead atoms. The number of carboxylic acids is 1. The van der Waals surface area contributed by atoms with Crippen molar-refractivity contribution in [2.24, 2.45) is 5.92 Å². The van der Waals surface area contributed by atoms with Gasteiger partial charge in [-0.3, -0.25) is 9.78 Å². The molecule has 7 rings (SSSR count). The number of rotatable bonds is 8. The Balaban J connectivity index is 1.03. The highest BCUT2D eigenvalue weighted by atomic mass is 19.3. The molecule has 5 heterocycles. The molecule has 0 unspecified atom stereocenters. The van der Waals surface area contributed by atoms with Crippen LogP contribution < -0.4 is 14.7 Å². The normalized spacial score (nSPS) is 16.7. The number of aromatic nitrogens is 3. The minimum atomic E-state index is -2.64. The monoisotopic (exact) mass is 652 g/mol. The summed E-state index contributed by atoms with van der Waals surface area (Å²) >= 11 is 0. The van der Waals surface area contributed by atoms with Crippen LogP contribution in [0, 0.1) is 5.92 Å². The summed E-state index contributed by atoms with van der Waals surface area (Å²) in [5.41, 5.74) is 6.95. The molecule has 0 saturated carbocycles. The second kappa shape index (κ2) is 13.3. The lowest BCUT2D eigenvalue weighted by Gasteiger charge is -2.34. The Morgan fingerprint density at radius 2 is 1.75 bits per heavy atom. The van der Waals surface area contributed by atoms with Gasteiger partial charge in [0.2, 0.25) is 5.91 Å². The Bertz CT molecular complexity index is 1820. The highest BCUT2D eigenvalue weighted by Gasteiger charge is 2.27. The van der Waals surface area contributed by atoms with Crippen molar-refractivity contribution in [3.8, 4) is 11.1 Å². The van der Waals surface area contributed by atoms with Crippen molar-refractivity contribution in [2.75, 3.05) is 41.4 Å². The van der Waals surface area contributed by atoms with Crippen molar-refractivity contribution in [1.82, 2.24) is 15.2 Å². The molecule has 48 heavy (non-hydrogen) atoms. The van der Waals surface area contributed by atoms with E-state index < -0.39 is 12.4 Å². The van der Waals surface area contributed by atoms with E-state index in [2.05, 4.69) is 26.1 Å². The highest BCUT2D eigenvalue weighted by Crippen LogP contribution is 2.42. The van der Waals surface area contributed by atoms with E-state index in [1.807, 2.05) is 30.3 Å². The molecule has 0 radical (unpaired) electrons. The number of nitrogens with zero attached hydrogens (tertiary/aromatic N) is 6. The molecule has 248 valence electrons. The zero-order chi connectivity index (χ0) is 33.4. The first kappa shape index (κ1) is 31.7. The van der Waals surface area contributed by atoms with E-state index >= 15 is 0 Å². The van der Waals surface area contributed by atoms with Gasteiger partial charge >= 0.3 is 5.97 Å². The standard InChI is InChI=1S/C37H38F2N6O3/c1-43-32-11-9-28(19-25(32)6-13-35(43)46)45-16-2-3-24-20-29(30(36(38)39)21-33(24)45)26-5-8-27(40-22-26)7-4-23-14-17-44(18-15-23)34-12-10-31(37(47)48)41-42-34/h5,8-12,19-23,36H,2-4,6-7,13-18H2,1H3,(H,47,48). The molecule has 1 saturated heterocycles. The number of carbonyl (C=O) groups is 2. The number of aromatic carboxylic acids is 1. The third-order valence-electron chi connectivity index (χ3n) is 10.1. The molecule has 3 aliphatic heterocycles. The molecule has 2 aromatic heterocycles. The third-order valence-corrected chi connectivity index (χ3v) is 10.1. The number of benzene rings is 2. The Morgan fingerprint density at radius 3 is 2.46 bits per heavy atom. The van der Waals surface area contributed by atoms with Gasteiger partial charge in [0.05, 0.1) is 0 Å². The van der Waals surface area contributed by atoms with Crippen LogP contribution in [0.3, 0.4) is 0 Å². The number of hydrogen-bond acceptors (Lipinski definition) is 7. The summed E-state index contributed by atoms with van der Waals surface area (Å²) in [6.45, 7) is 2.40. The second-order valence-electron chi connectivity index (χ2n) is 13.0. The van der Waals surface area contributed by atoms with Gasteiger partial charge in [0.25, 0.3) is 6.43 Å². The first-order chi connectivity index (χ1) is 23.2. The summed E-state index contributed by atoms with van der Waals surface area (Å²) in [6.07, 6.45) is 5.75. The minimum absolute atomic E-state index is 0.00698. The van der Waals surface area contributed by atoms with Gasteiger partial charge < -0.3 is 19.8 Å². The average molecular weight is 653 g/mol. The number of carboxylic acid groups (broad SMARTS) is 1. The van der Waals surface area contributed by atoms with Crippen molar-refractivity contribution in [1.29, 1.82) is 0 Å². The van der Waals surface area contributed by atoms with Crippen LogP contribution in [-0.2, 0) is 24.1 Å². The van der Waals surface area contributed by atoms with E-state index in [1.165, 1.54) is 6.07 Å². The van der Waals surface area contributed by atoms with Gasteiger partial charge in [-0.15, -0.1) is 10.2 Å². The molecule has 0 atom stereocenters. The van der Waals surface area contributed by atoms with Crippen LogP contribution in [0.25, 0.3) is 11.1 Å². The molecule has 1 fully saturated rings. The van der Waals surface area contributed by atoms with Crippen molar-refractivity contribution in [2.45, 2.75) is 57.8 Å². The topological polar surface area (TPSA) is 103 Å². The van der Waals surface area contributed by atoms with Crippen molar-refractivity contribution in [3.05, 3.63) is 88.9 Å². The van der Waals surface area contributed by atoms with Crippen LogP contribution in [0.1, 0.15) is 71.4 Å². The summed E-state index contributed by atoms with van der Waals surface area (Å²) in [5, 5.41) is 16.9. The SMILES string of the molecule is CN1C(=O)CCc2cc(N3CCCc4cc(-c5ccc(CCC6CCN(c7ccc(C(=O)O)nn7)CC6)nc5)c(C(F)F)cc43)ccc21. The fraction of sp³-hybridized carbons (Fsp3) is 0.378. The molecule has 11 heteroatoms.